The van der Waals surface area contributed by atoms with E-state index < -0.39 is 5.82 Å². The zero-order chi connectivity index (χ0) is 19.8. The number of carbonyl (C=O) groups excluding carboxylic acids is 1. The van der Waals surface area contributed by atoms with Crippen LogP contribution < -0.4 is 19.5 Å². The number of ether oxygens (including phenoxy) is 3. The third kappa shape index (κ3) is 5.23. The second-order valence-electron chi connectivity index (χ2n) is 5.77. The quantitative estimate of drug-likeness (QED) is 0.594. The molecule has 0 aliphatic carbocycles. The summed E-state index contributed by atoms with van der Waals surface area (Å²) < 4.78 is 30.1. The predicted molar refractivity (Wildman–Crippen MR) is 105 cm³/mol. The van der Waals surface area contributed by atoms with E-state index in [0.717, 1.165) is 0 Å². The maximum absolute atomic E-state index is 13.4. The first-order chi connectivity index (χ1) is 13.7. The van der Waals surface area contributed by atoms with Crippen molar-refractivity contribution < 1.29 is 23.4 Å². The number of halogens is 1. The first-order valence-electron chi connectivity index (χ1n) is 8.82. The first kappa shape index (κ1) is 19.2. The zero-order valence-corrected chi connectivity index (χ0v) is 15.4. The number of hydrogen-bond donors (Lipinski definition) is 1. The third-order valence-electron chi connectivity index (χ3n) is 3.69. The predicted octanol–water partition coefficient (Wildman–Crippen LogP) is 5.03. The van der Waals surface area contributed by atoms with Crippen LogP contribution in [-0.2, 0) is 4.79 Å². The molecule has 0 aliphatic rings. The number of para-hydroxylation sites is 4. The lowest BCUT2D eigenvalue weighted by molar-refractivity contribution is -0.118. The van der Waals surface area contributed by atoms with Crippen LogP contribution in [0, 0.1) is 5.82 Å². The summed E-state index contributed by atoms with van der Waals surface area (Å²) in [6.45, 7) is 2.18. The normalized spacial score (nSPS) is 10.2. The molecule has 1 N–H and O–H groups in total. The third-order valence-corrected chi connectivity index (χ3v) is 3.69. The molecule has 0 fully saturated rings. The Morgan fingerprint density at radius 2 is 1.57 bits per heavy atom. The number of rotatable bonds is 8. The second kappa shape index (κ2) is 9.41. The standard InChI is InChI=1S/C22H20FNO4/c1-2-26-20-12-5-6-13-21(20)27-15-22(25)24-18-10-3-4-11-19(18)28-17-9-7-8-16(23)14-17/h3-14H,2,15H2,1H3,(H,24,25). The average molecular weight is 381 g/mol. The Bertz CT molecular complexity index is 945. The summed E-state index contributed by atoms with van der Waals surface area (Å²) in [5, 5.41) is 2.74. The van der Waals surface area contributed by atoms with Gasteiger partial charge in [-0.25, -0.2) is 4.39 Å². The van der Waals surface area contributed by atoms with Gasteiger partial charge in [-0.15, -0.1) is 0 Å². The maximum Gasteiger partial charge on any atom is 0.262 e. The summed E-state index contributed by atoms with van der Waals surface area (Å²) >= 11 is 0. The molecule has 6 heteroatoms. The molecule has 28 heavy (non-hydrogen) atoms. The molecule has 3 aromatic carbocycles. The summed E-state index contributed by atoms with van der Waals surface area (Å²) in [5.74, 6) is 1.04. The highest BCUT2D eigenvalue weighted by Crippen LogP contribution is 2.30. The number of hydrogen-bond acceptors (Lipinski definition) is 4. The van der Waals surface area contributed by atoms with E-state index in [-0.39, 0.29) is 12.5 Å². The zero-order valence-electron chi connectivity index (χ0n) is 15.4. The molecular formula is C22H20FNO4. The molecule has 0 aromatic heterocycles. The van der Waals surface area contributed by atoms with Gasteiger partial charge in [0, 0.05) is 6.07 Å². The molecule has 0 bridgehead atoms. The summed E-state index contributed by atoms with van der Waals surface area (Å²) in [7, 11) is 0. The Labute approximate surface area is 162 Å². The maximum atomic E-state index is 13.4. The van der Waals surface area contributed by atoms with E-state index in [1.54, 1.807) is 54.6 Å². The summed E-state index contributed by atoms with van der Waals surface area (Å²) in [5.41, 5.74) is 0.457. The van der Waals surface area contributed by atoms with Crippen LogP contribution in [-0.4, -0.2) is 19.1 Å². The average Bonchev–Trinajstić information content (AvgIpc) is 2.69. The molecule has 0 unspecified atom stereocenters. The number of nitrogens with one attached hydrogen (secondary N) is 1. The topological polar surface area (TPSA) is 56.8 Å². The van der Waals surface area contributed by atoms with Gasteiger partial charge in [0.15, 0.2) is 23.9 Å². The van der Waals surface area contributed by atoms with Crippen LogP contribution in [0.1, 0.15) is 6.92 Å². The van der Waals surface area contributed by atoms with E-state index in [1.165, 1.54) is 12.1 Å². The number of benzene rings is 3. The first-order valence-corrected chi connectivity index (χ1v) is 8.82. The SMILES string of the molecule is CCOc1ccccc1OCC(=O)Nc1ccccc1Oc1cccc(F)c1. The van der Waals surface area contributed by atoms with Gasteiger partial charge in [0.2, 0.25) is 0 Å². The minimum atomic E-state index is -0.402. The summed E-state index contributed by atoms with van der Waals surface area (Å²) in [4.78, 5) is 12.3. The lowest BCUT2D eigenvalue weighted by atomic mass is 10.2. The van der Waals surface area contributed by atoms with E-state index in [2.05, 4.69) is 5.32 Å². The van der Waals surface area contributed by atoms with Crippen LogP contribution in [0.3, 0.4) is 0 Å². The molecule has 1 amide bonds. The van der Waals surface area contributed by atoms with E-state index in [1.807, 2.05) is 13.0 Å². The van der Waals surface area contributed by atoms with Crippen molar-refractivity contribution in [3.05, 3.63) is 78.6 Å². The van der Waals surface area contributed by atoms with Crippen molar-refractivity contribution >= 4 is 11.6 Å². The van der Waals surface area contributed by atoms with Crippen LogP contribution in [0.2, 0.25) is 0 Å². The van der Waals surface area contributed by atoms with Gasteiger partial charge in [-0.1, -0.05) is 30.3 Å². The lowest BCUT2D eigenvalue weighted by Gasteiger charge is -2.14. The number of carbonyl (C=O) groups is 1. The monoisotopic (exact) mass is 381 g/mol. The van der Waals surface area contributed by atoms with Crippen molar-refractivity contribution in [3.63, 3.8) is 0 Å². The second-order valence-corrected chi connectivity index (χ2v) is 5.77. The van der Waals surface area contributed by atoms with Gasteiger partial charge in [0.1, 0.15) is 11.6 Å². The molecule has 0 radical (unpaired) electrons. The Hall–Kier alpha value is -3.54. The largest absolute Gasteiger partial charge is 0.490 e. The molecule has 0 saturated heterocycles. The molecule has 0 aliphatic heterocycles. The van der Waals surface area contributed by atoms with Gasteiger partial charge in [-0.05, 0) is 43.3 Å². The van der Waals surface area contributed by atoms with E-state index >= 15 is 0 Å². The fourth-order valence-electron chi connectivity index (χ4n) is 2.49. The van der Waals surface area contributed by atoms with Crippen LogP contribution in [0.5, 0.6) is 23.0 Å². The summed E-state index contributed by atoms with van der Waals surface area (Å²) in [6, 6.07) is 19.8. The van der Waals surface area contributed by atoms with E-state index in [0.29, 0.717) is 35.3 Å². The van der Waals surface area contributed by atoms with E-state index in [9.17, 15) is 9.18 Å². The fraction of sp³-hybridized carbons (Fsp3) is 0.136. The van der Waals surface area contributed by atoms with Crippen molar-refractivity contribution in [1.29, 1.82) is 0 Å². The van der Waals surface area contributed by atoms with Gasteiger partial charge in [-0.3, -0.25) is 4.79 Å². The molecule has 3 rings (SSSR count). The Morgan fingerprint density at radius 1 is 0.893 bits per heavy atom. The minimum Gasteiger partial charge on any atom is -0.490 e. The van der Waals surface area contributed by atoms with Crippen molar-refractivity contribution in [3.8, 4) is 23.0 Å². The van der Waals surface area contributed by atoms with Crippen molar-refractivity contribution in [2.45, 2.75) is 6.92 Å². The summed E-state index contributed by atoms with van der Waals surface area (Å²) in [6.07, 6.45) is 0. The molecule has 3 aromatic rings. The number of anilines is 1. The molecule has 0 atom stereocenters. The molecule has 144 valence electrons. The van der Waals surface area contributed by atoms with Crippen molar-refractivity contribution in [1.82, 2.24) is 0 Å². The molecule has 0 heterocycles. The Kier molecular flexibility index (Phi) is 6.46. The van der Waals surface area contributed by atoms with Crippen molar-refractivity contribution in [2.24, 2.45) is 0 Å². The molecule has 0 saturated carbocycles. The van der Waals surface area contributed by atoms with Gasteiger partial charge < -0.3 is 19.5 Å². The molecular weight excluding hydrogens is 361 g/mol. The smallest absolute Gasteiger partial charge is 0.262 e. The fourth-order valence-corrected chi connectivity index (χ4v) is 2.49. The number of amides is 1. The van der Waals surface area contributed by atoms with Crippen LogP contribution in [0.25, 0.3) is 0 Å². The minimum absolute atomic E-state index is 0.196. The Morgan fingerprint density at radius 3 is 2.29 bits per heavy atom. The van der Waals surface area contributed by atoms with Gasteiger partial charge >= 0.3 is 0 Å². The van der Waals surface area contributed by atoms with Gasteiger partial charge in [-0.2, -0.15) is 0 Å². The van der Waals surface area contributed by atoms with Crippen LogP contribution >= 0.6 is 0 Å². The highest BCUT2D eigenvalue weighted by atomic mass is 19.1. The molecule has 5 nitrogen and oxygen atoms in total. The molecule has 0 spiro atoms. The van der Waals surface area contributed by atoms with E-state index in [4.69, 9.17) is 14.2 Å². The highest BCUT2D eigenvalue weighted by Gasteiger charge is 2.11. The lowest BCUT2D eigenvalue weighted by Crippen LogP contribution is -2.20. The van der Waals surface area contributed by atoms with Crippen LogP contribution in [0.4, 0.5) is 10.1 Å². The van der Waals surface area contributed by atoms with Crippen LogP contribution in [0.15, 0.2) is 72.8 Å². The van der Waals surface area contributed by atoms with Crippen molar-refractivity contribution in [2.75, 3.05) is 18.5 Å². The highest BCUT2D eigenvalue weighted by molar-refractivity contribution is 5.93. The van der Waals surface area contributed by atoms with Gasteiger partial charge in [0.05, 0.1) is 12.3 Å². The Balaban J connectivity index is 1.65. The van der Waals surface area contributed by atoms with Gasteiger partial charge in [0.25, 0.3) is 5.91 Å².